The Balaban J connectivity index is 1.30. The lowest BCUT2D eigenvalue weighted by Gasteiger charge is -2.17. The molecular weight excluding hydrogens is 534 g/mol. The third kappa shape index (κ3) is 3.68. The summed E-state index contributed by atoms with van der Waals surface area (Å²) in [5.74, 6) is 0. The molecule has 0 saturated carbocycles. The van der Waals surface area contributed by atoms with Crippen LogP contribution in [0.25, 0.3) is 82.8 Å². The van der Waals surface area contributed by atoms with E-state index in [0.717, 1.165) is 49.9 Å². The number of furan rings is 1. The highest BCUT2D eigenvalue weighted by Crippen LogP contribution is 2.44. The van der Waals surface area contributed by atoms with Crippen molar-refractivity contribution in [1.29, 1.82) is 0 Å². The monoisotopic (exact) mass is 561 g/mol. The second-order valence-corrected chi connectivity index (χ2v) is 11.3. The van der Waals surface area contributed by atoms with Gasteiger partial charge in [-0.3, -0.25) is 0 Å². The first-order valence-electron chi connectivity index (χ1n) is 15.0. The van der Waals surface area contributed by atoms with Crippen LogP contribution in [0.3, 0.4) is 0 Å². The maximum atomic E-state index is 6.83. The molecule has 0 atom stereocenters. The minimum atomic E-state index is 0.910. The van der Waals surface area contributed by atoms with Crippen LogP contribution in [0.4, 0.5) is 0 Å². The standard InChI is InChI=1S/C42H27NO/c1-2-14-28(15-3-1)29-21-12-23-36-37-24-13-22-35(42(37)44-41(29)36)31-17-5-4-16-30(31)32-18-6-9-25-38(32)43-39-26-10-7-19-33(39)34-20-8-11-27-40(34)43/h1-27H. The molecule has 206 valence electrons. The van der Waals surface area contributed by atoms with Gasteiger partial charge in [-0.05, 0) is 34.9 Å². The lowest BCUT2D eigenvalue weighted by atomic mass is 9.92. The van der Waals surface area contributed by atoms with Crippen LogP contribution in [-0.4, -0.2) is 4.57 Å². The fraction of sp³-hybridized carbons (Fsp3) is 0. The van der Waals surface area contributed by atoms with Crippen molar-refractivity contribution in [1.82, 2.24) is 4.57 Å². The molecule has 0 bridgehead atoms. The Morgan fingerprint density at radius 2 is 0.773 bits per heavy atom. The van der Waals surface area contributed by atoms with Crippen molar-refractivity contribution < 1.29 is 4.42 Å². The van der Waals surface area contributed by atoms with Gasteiger partial charge in [0.1, 0.15) is 11.2 Å². The maximum absolute atomic E-state index is 6.83. The van der Waals surface area contributed by atoms with Crippen molar-refractivity contribution in [3.05, 3.63) is 164 Å². The lowest BCUT2D eigenvalue weighted by Crippen LogP contribution is -1.98. The average Bonchev–Trinajstić information content (AvgIpc) is 3.65. The van der Waals surface area contributed by atoms with E-state index in [9.17, 15) is 0 Å². The van der Waals surface area contributed by atoms with Crippen LogP contribution >= 0.6 is 0 Å². The molecule has 2 nitrogen and oxygen atoms in total. The zero-order valence-electron chi connectivity index (χ0n) is 23.9. The summed E-state index contributed by atoms with van der Waals surface area (Å²) in [5, 5.41) is 4.77. The van der Waals surface area contributed by atoms with E-state index in [4.69, 9.17) is 4.42 Å². The summed E-state index contributed by atoms with van der Waals surface area (Å²) in [6, 6.07) is 58.3. The van der Waals surface area contributed by atoms with E-state index in [1.54, 1.807) is 0 Å². The van der Waals surface area contributed by atoms with Crippen LogP contribution in [0.15, 0.2) is 168 Å². The van der Waals surface area contributed by atoms with E-state index in [-0.39, 0.29) is 0 Å². The van der Waals surface area contributed by atoms with Crippen LogP contribution in [0.5, 0.6) is 0 Å². The predicted octanol–water partition coefficient (Wildman–Crippen LogP) is 11.7. The Bertz CT molecular complexity index is 2440. The largest absolute Gasteiger partial charge is 0.455 e. The van der Waals surface area contributed by atoms with Crippen molar-refractivity contribution >= 4 is 43.7 Å². The van der Waals surface area contributed by atoms with Crippen LogP contribution in [0, 0.1) is 0 Å². The normalized spacial score (nSPS) is 11.6. The zero-order valence-corrected chi connectivity index (χ0v) is 23.9. The molecule has 2 heteroatoms. The van der Waals surface area contributed by atoms with Crippen LogP contribution in [-0.2, 0) is 0 Å². The highest BCUT2D eigenvalue weighted by Gasteiger charge is 2.20. The van der Waals surface area contributed by atoms with Gasteiger partial charge in [-0.15, -0.1) is 0 Å². The highest BCUT2D eigenvalue weighted by atomic mass is 16.3. The number of hydrogen-bond donors (Lipinski definition) is 0. The topological polar surface area (TPSA) is 18.1 Å². The SMILES string of the molecule is c1ccc(-c2cccc3c2oc2c(-c4ccccc4-c4ccccc4-n4c5ccccc5c5ccccc54)cccc23)cc1. The zero-order chi connectivity index (χ0) is 29.0. The number of hydrogen-bond acceptors (Lipinski definition) is 1. The molecule has 44 heavy (non-hydrogen) atoms. The molecule has 0 aliphatic rings. The molecular formula is C42H27NO. The van der Waals surface area contributed by atoms with Crippen molar-refractivity contribution in [3.8, 4) is 39.1 Å². The van der Waals surface area contributed by atoms with Gasteiger partial charge in [0.15, 0.2) is 0 Å². The molecule has 0 N–H and O–H groups in total. The summed E-state index contributed by atoms with van der Waals surface area (Å²) in [7, 11) is 0. The van der Waals surface area contributed by atoms with Gasteiger partial charge in [0, 0.05) is 38.2 Å². The summed E-state index contributed by atoms with van der Waals surface area (Å²) < 4.78 is 9.23. The fourth-order valence-electron chi connectivity index (χ4n) is 6.91. The molecule has 0 radical (unpaired) electrons. The highest BCUT2D eigenvalue weighted by molar-refractivity contribution is 6.14. The second kappa shape index (κ2) is 9.86. The van der Waals surface area contributed by atoms with Crippen LogP contribution in [0.2, 0.25) is 0 Å². The Morgan fingerprint density at radius 1 is 0.318 bits per heavy atom. The Hall–Kier alpha value is -5.86. The molecule has 0 saturated heterocycles. The second-order valence-electron chi connectivity index (χ2n) is 11.3. The van der Waals surface area contributed by atoms with Crippen molar-refractivity contribution in [2.45, 2.75) is 0 Å². The van der Waals surface area contributed by atoms with Gasteiger partial charge in [0.25, 0.3) is 0 Å². The third-order valence-electron chi connectivity index (χ3n) is 8.84. The van der Waals surface area contributed by atoms with Gasteiger partial charge in [0.05, 0.1) is 16.7 Å². The predicted molar refractivity (Wildman–Crippen MR) is 184 cm³/mol. The maximum Gasteiger partial charge on any atom is 0.143 e. The quantitative estimate of drug-likeness (QED) is 0.209. The number of aromatic nitrogens is 1. The first-order chi connectivity index (χ1) is 21.9. The Labute approximate surface area is 255 Å². The number of rotatable bonds is 4. The molecule has 7 aromatic carbocycles. The Kier molecular flexibility index (Phi) is 5.54. The number of nitrogens with zero attached hydrogens (tertiary/aromatic N) is 1. The van der Waals surface area contributed by atoms with Crippen LogP contribution in [0.1, 0.15) is 0 Å². The summed E-state index contributed by atoms with van der Waals surface area (Å²) in [6.45, 7) is 0. The molecule has 0 spiro atoms. The summed E-state index contributed by atoms with van der Waals surface area (Å²) in [5.41, 5.74) is 12.2. The summed E-state index contributed by atoms with van der Waals surface area (Å²) in [4.78, 5) is 0. The van der Waals surface area contributed by atoms with Gasteiger partial charge in [-0.25, -0.2) is 0 Å². The van der Waals surface area contributed by atoms with E-state index < -0.39 is 0 Å². The molecule has 0 aliphatic carbocycles. The minimum Gasteiger partial charge on any atom is -0.455 e. The molecule has 2 heterocycles. The summed E-state index contributed by atoms with van der Waals surface area (Å²) in [6.07, 6.45) is 0. The number of fused-ring (bicyclic) bond motifs is 6. The van der Waals surface area contributed by atoms with E-state index in [1.807, 2.05) is 0 Å². The fourth-order valence-corrected chi connectivity index (χ4v) is 6.91. The third-order valence-corrected chi connectivity index (χ3v) is 8.84. The first-order valence-corrected chi connectivity index (χ1v) is 15.0. The molecule has 9 aromatic rings. The first kappa shape index (κ1) is 24.7. The average molecular weight is 562 g/mol. The van der Waals surface area contributed by atoms with Gasteiger partial charge in [-0.2, -0.15) is 0 Å². The number of benzene rings is 7. The lowest BCUT2D eigenvalue weighted by molar-refractivity contribution is 0.671. The van der Waals surface area contributed by atoms with Gasteiger partial charge in [0.2, 0.25) is 0 Å². The van der Waals surface area contributed by atoms with Gasteiger partial charge < -0.3 is 8.98 Å². The number of para-hydroxylation sites is 5. The van der Waals surface area contributed by atoms with E-state index >= 15 is 0 Å². The van der Waals surface area contributed by atoms with Gasteiger partial charge >= 0.3 is 0 Å². The van der Waals surface area contributed by atoms with Crippen LogP contribution < -0.4 is 0 Å². The molecule has 9 rings (SSSR count). The molecule has 0 amide bonds. The van der Waals surface area contributed by atoms with Gasteiger partial charge in [-0.1, -0.05) is 146 Å². The smallest absolute Gasteiger partial charge is 0.143 e. The Morgan fingerprint density at radius 3 is 1.45 bits per heavy atom. The molecule has 0 aliphatic heterocycles. The van der Waals surface area contributed by atoms with Crippen molar-refractivity contribution in [2.24, 2.45) is 0 Å². The van der Waals surface area contributed by atoms with Crippen molar-refractivity contribution in [2.75, 3.05) is 0 Å². The van der Waals surface area contributed by atoms with E-state index in [0.29, 0.717) is 0 Å². The van der Waals surface area contributed by atoms with E-state index in [1.165, 1.54) is 32.9 Å². The summed E-state index contributed by atoms with van der Waals surface area (Å²) >= 11 is 0. The van der Waals surface area contributed by atoms with Crippen molar-refractivity contribution in [3.63, 3.8) is 0 Å². The minimum absolute atomic E-state index is 0.910. The molecule has 2 aromatic heterocycles. The van der Waals surface area contributed by atoms with E-state index in [2.05, 4.69) is 168 Å². The molecule has 0 fully saturated rings. The molecule has 0 unspecified atom stereocenters.